The molecule has 2 heterocycles. The molecule has 0 spiro atoms. The second kappa shape index (κ2) is 5.78. The van der Waals surface area contributed by atoms with Crippen LogP contribution in [0.2, 0.25) is 0 Å². The van der Waals surface area contributed by atoms with Crippen LogP contribution < -0.4 is 0 Å². The number of rotatable bonds is 4. The molecule has 0 saturated heterocycles. The summed E-state index contributed by atoms with van der Waals surface area (Å²) in [7, 11) is 1.67. The number of amides is 1. The molecule has 2 aromatic heterocycles. The first-order chi connectivity index (χ1) is 9.91. The molecular weight excluding hydrogens is 270 g/mol. The normalized spacial score (nSPS) is 10.4. The zero-order valence-corrected chi connectivity index (χ0v) is 12.2. The van der Waals surface area contributed by atoms with Gasteiger partial charge in [-0.05, 0) is 31.5 Å². The Bertz CT molecular complexity index is 677. The van der Waals surface area contributed by atoms with E-state index >= 15 is 0 Å². The molecular formula is C15H17N3O3. The number of carbonyl (C=O) groups is 2. The van der Waals surface area contributed by atoms with Crippen LogP contribution in [-0.2, 0) is 6.54 Å². The predicted molar refractivity (Wildman–Crippen MR) is 77.3 cm³/mol. The van der Waals surface area contributed by atoms with Crippen molar-refractivity contribution >= 4 is 11.9 Å². The third-order valence-electron chi connectivity index (χ3n) is 3.34. The van der Waals surface area contributed by atoms with E-state index in [1.54, 1.807) is 27.1 Å². The van der Waals surface area contributed by atoms with Gasteiger partial charge in [0.05, 0.1) is 17.8 Å². The molecule has 6 nitrogen and oxygen atoms in total. The van der Waals surface area contributed by atoms with Crippen molar-refractivity contribution < 1.29 is 14.7 Å². The maximum absolute atomic E-state index is 12.5. The number of H-pyrrole nitrogens is 1. The maximum atomic E-state index is 12.5. The van der Waals surface area contributed by atoms with Crippen LogP contribution in [0.25, 0.3) is 0 Å². The van der Waals surface area contributed by atoms with E-state index in [-0.39, 0.29) is 11.6 Å². The lowest BCUT2D eigenvalue weighted by molar-refractivity contribution is 0.0690. The van der Waals surface area contributed by atoms with Gasteiger partial charge in [0.15, 0.2) is 0 Å². The van der Waals surface area contributed by atoms with Gasteiger partial charge in [-0.15, -0.1) is 0 Å². The fourth-order valence-electron chi connectivity index (χ4n) is 2.28. The molecule has 21 heavy (non-hydrogen) atoms. The SMILES string of the molecule is Cc1[nH]c(C(=O)O)c(C)c1C(=O)N(C)Cc1ccccn1. The second-order valence-electron chi connectivity index (χ2n) is 4.91. The van der Waals surface area contributed by atoms with Crippen molar-refractivity contribution in [2.45, 2.75) is 20.4 Å². The van der Waals surface area contributed by atoms with Gasteiger partial charge in [-0.1, -0.05) is 6.07 Å². The number of nitrogens with zero attached hydrogens (tertiary/aromatic N) is 2. The van der Waals surface area contributed by atoms with Gasteiger partial charge in [0.25, 0.3) is 5.91 Å². The van der Waals surface area contributed by atoms with Crippen molar-refractivity contribution in [3.05, 3.63) is 52.6 Å². The van der Waals surface area contributed by atoms with Crippen LogP contribution in [0.1, 0.15) is 37.8 Å². The number of aromatic amines is 1. The van der Waals surface area contributed by atoms with E-state index in [1.807, 2.05) is 18.2 Å². The van der Waals surface area contributed by atoms with Crippen LogP contribution in [0, 0.1) is 13.8 Å². The highest BCUT2D eigenvalue weighted by Crippen LogP contribution is 2.20. The first-order valence-corrected chi connectivity index (χ1v) is 6.49. The molecule has 2 N–H and O–H groups in total. The zero-order chi connectivity index (χ0) is 15.6. The van der Waals surface area contributed by atoms with Gasteiger partial charge in [-0.2, -0.15) is 0 Å². The lowest BCUT2D eigenvalue weighted by atomic mass is 10.1. The van der Waals surface area contributed by atoms with Crippen molar-refractivity contribution in [1.29, 1.82) is 0 Å². The van der Waals surface area contributed by atoms with E-state index in [9.17, 15) is 9.59 Å². The van der Waals surface area contributed by atoms with E-state index in [0.717, 1.165) is 5.69 Å². The number of carboxylic acids is 1. The molecule has 1 amide bonds. The fraction of sp³-hybridized carbons (Fsp3) is 0.267. The smallest absolute Gasteiger partial charge is 0.352 e. The molecule has 0 bridgehead atoms. The number of hydrogen-bond acceptors (Lipinski definition) is 3. The summed E-state index contributed by atoms with van der Waals surface area (Å²) in [6.07, 6.45) is 1.67. The number of aromatic nitrogens is 2. The number of nitrogens with one attached hydrogen (secondary N) is 1. The number of hydrogen-bond donors (Lipinski definition) is 2. The highest BCUT2D eigenvalue weighted by atomic mass is 16.4. The molecule has 0 fully saturated rings. The average molecular weight is 287 g/mol. The number of carboxylic acid groups (broad SMARTS) is 1. The quantitative estimate of drug-likeness (QED) is 0.900. The molecule has 0 aliphatic heterocycles. The minimum atomic E-state index is -1.07. The number of aryl methyl sites for hydroxylation is 1. The summed E-state index contributed by atoms with van der Waals surface area (Å²) >= 11 is 0. The molecule has 0 saturated carbocycles. The third-order valence-corrected chi connectivity index (χ3v) is 3.34. The molecule has 2 rings (SSSR count). The van der Waals surface area contributed by atoms with Gasteiger partial charge in [0.2, 0.25) is 0 Å². The standard InChI is InChI=1S/C15H17N3O3/c1-9-12(10(2)17-13(9)15(20)21)14(19)18(3)8-11-6-4-5-7-16-11/h4-7,17H,8H2,1-3H3,(H,20,21). The Morgan fingerprint density at radius 1 is 1.33 bits per heavy atom. The predicted octanol–water partition coefficient (Wildman–Crippen LogP) is 2.00. The monoisotopic (exact) mass is 287 g/mol. The number of pyridine rings is 1. The van der Waals surface area contributed by atoms with Crippen molar-refractivity contribution in [2.24, 2.45) is 0 Å². The van der Waals surface area contributed by atoms with Crippen LogP contribution in [0.15, 0.2) is 24.4 Å². The van der Waals surface area contributed by atoms with Crippen molar-refractivity contribution in [3.8, 4) is 0 Å². The van der Waals surface area contributed by atoms with E-state index in [0.29, 0.717) is 23.4 Å². The van der Waals surface area contributed by atoms with E-state index in [2.05, 4.69) is 9.97 Å². The summed E-state index contributed by atoms with van der Waals surface area (Å²) in [4.78, 5) is 32.1. The molecule has 6 heteroatoms. The fourth-order valence-corrected chi connectivity index (χ4v) is 2.28. The molecule has 2 aromatic rings. The minimum absolute atomic E-state index is 0.0575. The summed E-state index contributed by atoms with van der Waals surface area (Å²) in [5.74, 6) is -1.29. The Hall–Kier alpha value is -2.63. The average Bonchev–Trinajstić information content (AvgIpc) is 2.74. The molecule has 0 unspecified atom stereocenters. The van der Waals surface area contributed by atoms with Crippen molar-refractivity contribution in [3.63, 3.8) is 0 Å². The first-order valence-electron chi connectivity index (χ1n) is 6.49. The topological polar surface area (TPSA) is 86.3 Å². The molecule has 110 valence electrons. The zero-order valence-electron chi connectivity index (χ0n) is 12.2. The lowest BCUT2D eigenvalue weighted by Crippen LogP contribution is -2.27. The van der Waals surface area contributed by atoms with Gasteiger partial charge in [-0.3, -0.25) is 9.78 Å². The Balaban J connectivity index is 2.26. The Morgan fingerprint density at radius 3 is 2.57 bits per heavy atom. The molecule has 0 atom stereocenters. The van der Waals surface area contributed by atoms with Crippen LogP contribution >= 0.6 is 0 Å². The summed E-state index contributed by atoms with van der Waals surface area (Å²) in [6.45, 7) is 3.70. The van der Waals surface area contributed by atoms with E-state index in [1.165, 1.54) is 4.90 Å². The first kappa shape index (κ1) is 14.8. The molecule has 0 aromatic carbocycles. The Morgan fingerprint density at radius 2 is 2.05 bits per heavy atom. The van der Waals surface area contributed by atoms with Gasteiger partial charge in [0, 0.05) is 18.9 Å². The summed E-state index contributed by atoms with van der Waals surface area (Å²) < 4.78 is 0. The van der Waals surface area contributed by atoms with Crippen LogP contribution in [-0.4, -0.2) is 38.9 Å². The maximum Gasteiger partial charge on any atom is 0.352 e. The molecule has 0 aliphatic carbocycles. The van der Waals surface area contributed by atoms with E-state index < -0.39 is 5.97 Å². The second-order valence-corrected chi connectivity index (χ2v) is 4.91. The number of carbonyl (C=O) groups excluding carboxylic acids is 1. The Labute approximate surface area is 122 Å². The van der Waals surface area contributed by atoms with E-state index in [4.69, 9.17) is 5.11 Å². The molecule has 0 radical (unpaired) electrons. The summed E-state index contributed by atoms with van der Waals surface area (Å²) in [6, 6.07) is 5.50. The number of aromatic carboxylic acids is 1. The highest BCUT2D eigenvalue weighted by molar-refractivity contribution is 6.00. The van der Waals surface area contributed by atoms with Gasteiger partial charge >= 0.3 is 5.97 Å². The highest BCUT2D eigenvalue weighted by Gasteiger charge is 2.23. The summed E-state index contributed by atoms with van der Waals surface area (Å²) in [5.41, 5.74) is 2.26. The largest absolute Gasteiger partial charge is 0.477 e. The van der Waals surface area contributed by atoms with Crippen LogP contribution in [0.5, 0.6) is 0 Å². The van der Waals surface area contributed by atoms with Crippen LogP contribution in [0.3, 0.4) is 0 Å². The minimum Gasteiger partial charge on any atom is -0.477 e. The molecule has 0 aliphatic rings. The summed E-state index contributed by atoms with van der Waals surface area (Å²) in [5, 5.41) is 9.09. The lowest BCUT2D eigenvalue weighted by Gasteiger charge is -2.17. The van der Waals surface area contributed by atoms with Crippen molar-refractivity contribution in [1.82, 2.24) is 14.9 Å². The van der Waals surface area contributed by atoms with Gasteiger partial charge < -0.3 is 15.0 Å². The Kier molecular flexibility index (Phi) is 4.07. The third kappa shape index (κ3) is 2.94. The van der Waals surface area contributed by atoms with Crippen molar-refractivity contribution in [2.75, 3.05) is 7.05 Å². The van der Waals surface area contributed by atoms with Gasteiger partial charge in [-0.25, -0.2) is 4.79 Å². The van der Waals surface area contributed by atoms with Crippen LogP contribution in [0.4, 0.5) is 0 Å². The van der Waals surface area contributed by atoms with Gasteiger partial charge in [0.1, 0.15) is 5.69 Å².